The average molecular weight is 726 g/mol. The van der Waals surface area contributed by atoms with Crippen LogP contribution in [0.1, 0.15) is 66.0 Å². The van der Waals surface area contributed by atoms with Crippen molar-refractivity contribution in [1.82, 2.24) is 25.3 Å². The molecule has 0 saturated carbocycles. The zero-order valence-corrected chi connectivity index (χ0v) is 31.3. The molecule has 284 valence electrons. The van der Waals surface area contributed by atoms with Crippen molar-refractivity contribution >= 4 is 29.9 Å². The Bertz CT molecular complexity index is 1580. The van der Waals surface area contributed by atoms with Crippen molar-refractivity contribution in [3.8, 4) is 0 Å². The fraction of sp³-hybridized carbons (Fsp3) is 0.553. The molecule has 2 fully saturated rings. The quantitative estimate of drug-likeness (QED) is 0.350. The molecule has 0 radical (unpaired) electrons. The molecule has 5 amide bonds. The summed E-state index contributed by atoms with van der Waals surface area (Å²) in [5.41, 5.74) is 0.0305. The highest BCUT2D eigenvalue weighted by Crippen LogP contribution is 2.36. The summed E-state index contributed by atoms with van der Waals surface area (Å²) in [6.07, 6.45) is -1.59. The van der Waals surface area contributed by atoms with Crippen LogP contribution in [0.3, 0.4) is 0 Å². The minimum Gasteiger partial charge on any atom is -0.445 e. The normalized spacial score (nSPS) is 19.7. The second kappa shape index (κ2) is 16.7. The van der Waals surface area contributed by atoms with Gasteiger partial charge in [0.15, 0.2) is 0 Å². The SMILES string of the molecule is C[C@@H](C(=O)NC(C(=O)N1CC[C@@H]2[C@H]1[C@@H](OCc1ccc(F)cc1)CN2C(=O)CNC(=O)OC(C)(C)C)C(C)(C)C)N(C)C(=O)OCc1ccccc1. The fourth-order valence-corrected chi connectivity index (χ4v) is 6.30. The van der Waals surface area contributed by atoms with Crippen LogP contribution in [0.25, 0.3) is 0 Å². The fourth-order valence-electron chi connectivity index (χ4n) is 6.30. The van der Waals surface area contributed by atoms with Gasteiger partial charge in [0, 0.05) is 20.1 Å². The van der Waals surface area contributed by atoms with Crippen molar-refractivity contribution < 1.29 is 42.6 Å². The number of nitrogens with zero attached hydrogens (tertiary/aromatic N) is 3. The van der Waals surface area contributed by atoms with Gasteiger partial charge in [-0.05, 0) is 62.8 Å². The zero-order chi connectivity index (χ0) is 38.4. The number of alkyl carbamates (subject to hydrolysis) is 1. The first-order chi connectivity index (χ1) is 24.4. The third kappa shape index (κ3) is 10.4. The van der Waals surface area contributed by atoms with E-state index in [0.717, 1.165) is 5.56 Å². The van der Waals surface area contributed by atoms with E-state index >= 15 is 0 Å². The maximum absolute atomic E-state index is 14.5. The number of ether oxygens (including phenoxy) is 3. The van der Waals surface area contributed by atoms with Crippen molar-refractivity contribution in [2.24, 2.45) is 5.41 Å². The molecule has 5 atom stereocenters. The van der Waals surface area contributed by atoms with Gasteiger partial charge in [0.1, 0.15) is 36.7 Å². The van der Waals surface area contributed by atoms with E-state index in [-0.39, 0.29) is 50.5 Å². The summed E-state index contributed by atoms with van der Waals surface area (Å²) in [5.74, 6) is -1.64. The van der Waals surface area contributed by atoms with Crippen molar-refractivity contribution in [1.29, 1.82) is 0 Å². The largest absolute Gasteiger partial charge is 0.445 e. The van der Waals surface area contributed by atoms with Gasteiger partial charge in [0.2, 0.25) is 17.7 Å². The molecule has 0 spiro atoms. The maximum atomic E-state index is 14.5. The predicted molar refractivity (Wildman–Crippen MR) is 190 cm³/mol. The molecule has 1 unspecified atom stereocenters. The van der Waals surface area contributed by atoms with Crippen molar-refractivity contribution in [2.45, 2.75) is 104 Å². The number of likely N-dealkylation sites (tertiary alicyclic amines) is 2. The van der Waals surface area contributed by atoms with Gasteiger partial charge in [0.25, 0.3) is 0 Å². The maximum Gasteiger partial charge on any atom is 0.410 e. The molecule has 13 nitrogen and oxygen atoms in total. The summed E-state index contributed by atoms with van der Waals surface area (Å²) in [7, 11) is 1.46. The van der Waals surface area contributed by atoms with Crippen LogP contribution in [0, 0.1) is 11.2 Å². The Kier molecular flexibility index (Phi) is 12.9. The molecule has 2 saturated heterocycles. The Labute approximate surface area is 305 Å². The molecule has 52 heavy (non-hydrogen) atoms. The zero-order valence-electron chi connectivity index (χ0n) is 31.3. The number of hydrogen-bond acceptors (Lipinski definition) is 8. The number of halogens is 1. The second-order valence-electron chi connectivity index (χ2n) is 15.4. The van der Waals surface area contributed by atoms with Crippen molar-refractivity contribution in [3.05, 3.63) is 71.5 Å². The molecule has 2 aliphatic rings. The number of hydrogen-bond donors (Lipinski definition) is 2. The van der Waals surface area contributed by atoms with Gasteiger partial charge in [-0.15, -0.1) is 0 Å². The number of nitrogens with one attached hydrogen (secondary N) is 2. The molecule has 0 bridgehead atoms. The van der Waals surface area contributed by atoms with E-state index in [0.29, 0.717) is 12.0 Å². The van der Waals surface area contributed by atoms with Crippen LogP contribution in [0.2, 0.25) is 0 Å². The summed E-state index contributed by atoms with van der Waals surface area (Å²) in [5, 5.41) is 5.41. The highest BCUT2D eigenvalue weighted by atomic mass is 19.1. The monoisotopic (exact) mass is 725 g/mol. The first-order valence-corrected chi connectivity index (χ1v) is 17.5. The molecule has 2 heterocycles. The summed E-state index contributed by atoms with van der Waals surface area (Å²) in [4.78, 5) is 71.1. The number of benzene rings is 2. The van der Waals surface area contributed by atoms with Gasteiger partial charge < -0.3 is 34.6 Å². The minimum atomic E-state index is -0.994. The summed E-state index contributed by atoms with van der Waals surface area (Å²) in [6, 6.07) is 12.1. The molecular formula is C38H52FN5O8. The van der Waals surface area contributed by atoms with Gasteiger partial charge in [-0.25, -0.2) is 14.0 Å². The number of carbonyl (C=O) groups excluding carboxylic acids is 5. The highest BCUT2D eigenvalue weighted by molar-refractivity contribution is 5.92. The van der Waals surface area contributed by atoms with E-state index in [1.54, 1.807) is 49.6 Å². The second-order valence-corrected chi connectivity index (χ2v) is 15.4. The molecule has 2 N–H and O–H groups in total. The average Bonchev–Trinajstić information content (AvgIpc) is 3.67. The van der Waals surface area contributed by atoms with E-state index < -0.39 is 59.4 Å². The molecule has 0 aromatic heterocycles. The minimum absolute atomic E-state index is 0.0416. The lowest BCUT2D eigenvalue weighted by Crippen LogP contribution is -2.60. The van der Waals surface area contributed by atoms with Crippen LogP contribution < -0.4 is 10.6 Å². The Hall–Kier alpha value is -4.72. The van der Waals surface area contributed by atoms with E-state index in [2.05, 4.69) is 10.6 Å². The van der Waals surface area contributed by atoms with Crippen LogP contribution in [0.4, 0.5) is 14.0 Å². The number of carbonyl (C=O) groups is 5. The van der Waals surface area contributed by atoms with Gasteiger partial charge >= 0.3 is 12.2 Å². The molecule has 0 aliphatic carbocycles. The van der Waals surface area contributed by atoms with E-state index in [1.165, 1.54) is 24.1 Å². The van der Waals surface area contributed by atoms with E-state index in [4.69, 9.17) is 14.2 Å². The third-order valence-electron chi connectivity index (χ3n) is 9.19. The number of amides is 5. The van der Waals surface area contributed by atoms with Gasteiger partial charge in [-0.2, -0.15) is 0 Å². The molecule has 4 rings (SSSR count). The van der Waals surface area contributed by atoms with E-state index in [9.17, 15) is 28.4 Å². The molecular weight excluding hydrogens is 673 g/mol. The Morgan fingerprint density at radius 2 is 1.56 bits per heavy atom. The number of fused-ring (bicyclic) bond motifs is 1. The first-order valence-electron chi connectivity index (χ1n) is 17.5. The molecule has 2 aromatic carbocycles. The van der Waals surface area contributed by atoms with Crippen molar-refractivity contribution in [2.75, 3.05) is 26.7 Å². The predicted octanol–water partition coefficient (Wildman–Crippen LogP) is 4.24. The Balaban J connectivity index is 1.49. The first kappa shape index (κ1) is 40.1. The number of rotatable bonds is 11. The number of likely N-dealkylation sites (N-methyl/N-ethyl adjacent to an activating group) is 1. The molecule has 2 aliphatic heterocycles. The van der Waals surface area contributed by atoms with Gasteiger partial charge in [-0.3, -0.25) is 19.3 Å². The lowest BCUT2D eigenvalue weighted by atomic mass is 9.85. The Morgan fingerprint density at radius 1 is 0.923 bits per heavy atom. The molecule has 2 aromatic rings. The van der Waals surface area contributed by atoms with Gasteiger partial charge in [0.05, 0.1) is 24.8 Å². The highest BCUT2D eigenvalue weighted by Gasteiger charge is 2.54. The van der Waals surface area contributed by atoms with Crippen LogP contribution in [-0.2, 0) is 41.8 Å². The summed E-state index contributed by atoms with van der Waals surface area (Å²) >= 11 is 0. The van der Waals surface area contributed by atoms with Crippen LogP contribution in [0.15, 0.2) is 54.6 Å². The van der Waals surface area contributed by atoms with Gasteiger partial charge in [-0.1, -0.05) is 63.2 Å². The Morgan fingerprint density at radius 3 is 2.17 bits per heavy atom. The van der Waals surface area contributed by atoms with Crippen LogP contribution in [0.5, 0.6) is 0 Å². The summed E-state index contributed by atoms with van der Waals surface area (Å²) < 4.78 is 30.6. The summed E-state index contributed by atoms with van der Waals surface area (Å²) in [6.45, 7) is 12.5. The van der Waals surface area contributed by atoms with Crippen LogP contribution in [-0.4, -0.2) is 107 Å². The smallest absolute Gasteiger partial charge is 0.410 e. The van der Waals surface area contributed by atoms with Crippen LogP contribution >= 0.6 is 0 Å². The van der Waals surface area contributed by atoms with E-state index in [1.807, 2.05) is 51.1 Å². The molecule has 14 heteroatoms. The standard InChI is InChI=1S/C38H52FN5O8/c1-24(42(8)36(49)51-23-25-12-10-9-11-13-25)33(46)41-32(37(2,3)4)34(47)43-19-18-28-31(43)29(50-22-26-14-16-27(39)17-15-26)21-44(28)30(45)20-40-35(48)52-38(5,6)7/h9-17,24,28-29,31-32H,18-23H2,1-8H3,(H,40,48)(H,41,46)/t24-,28+,29-,31-,32?/m0/s1. The topological polar surface area (TPSA) is 147 Å². The van der Waals surface area contributed by atoms with Crippen molar-refractivity contribution in [3.63, 3.8) is 0 Å². The lowest BCUT2D eigenvalue weighted by molar-refractivity contribution is -0.143. The lowest BCUT2D eigenvalue weighted by Gasteiger charge is -2.37. The third-order valence-corrected chi connectivity index (χ3v) is 9.19.